The van der Waals surface area contributed by atoms with Gasteiger partial charge in [0.05, 0.1) is 13.2 Å². The third-order valence-corrected chi connectivity index (χ3v) is 3.31. The van der Waals surface area contributed by atoms with E-state index in [1.54, 1.807) is 24.3 Å². The van der Waals surface area contributed by atoms with Crippen molar-refractivity contribution in [3.63, 3.8) is 0 Å². The molecule has 19 heavy (non-hydrogen) atoms. The van der Waals surface area contributed by atoms with Crippen LogP contribution in [-0.2, 0) is 9.53 Å². The van der Waals surface area contributed by atoms with Gasteiger partial charge in [-0.25, -0.2) is 0 Å². The quantitative estimate of drug-likeness (QED) is 0.831. The van der Waals surface area contributed by atoms with Gasteiger partial charge in [0.25, 0.3) is 5.76 Å². The molecule has 1 saturated heterocycles. The van der Waals surface area contributed by atoms with E-state index < -0.39 is 5.76 Å². The number of halogens is 2. The van der Waals surface area contributed by atoms with Crippen LogP contribution in [0.15, 0.2) is 29.2 Å². The summed E-state index contributed by atoms with van der Waals surface area (Å²) >= 11 is 0.476. The fourth-order valence-electron chi connectivity index (χ4n) is 1.68. The number of anilines is 1. The Morgan fingerprint density at radius 2 is 2.16 bits per heavy atom. The molecule has 0 aliphatic carbocycles. The summed E-state index contributed by atoms with van der Waals surface area (Å²) in [6.45, 7) is 1.58. The Morgan fingerprint density at radius 1 is 1.42 bits per heavy atom. The number of nitrogens with one attached hydrogen (secondary N) is 2. The molecule has 2 N–H and O–H groups in total. The molecule has 0 radical (unpaired) electrons. The maximum absolute atomic E-state index is 12.1. The number of alkyl halides is 2. The van der Waals surface area contributed by atoms with Crippen LogP contribution in [0, 0.1) is 0 Å². The van der Waals surface area contributed by atoms with Crippen LogP contribution in [0.25, 0.3) is 0 Å². The summed E-state index contributed by atoms with van der Waals surface area (Å²) < 4.78 is 29.5. The first-order chi connectivity index (χ1) is 9.15. The van der Waals surface area contributed by atoms with Gasteiger partial charge in [-0.15, -0.1) is 0 Å². The number of ether oxygens (including phenoxy) is 1. The van der Waals surface area contributed by atoms with E-state index in [2.05, 4.69) is 10.6 Å². The van der Waals surface area contributed by atoms with E-state index in [0.29, 0.717) is 42.1 Å². The largest absolute Gasteiger partial charge is 0.378 e. The molecule has 1 amide bonds. The Labute approximate surface area is 113 Å². The Balaban J connectivity index is 1.89. The van der Waals surface area contributed by atoms with Crippen LogP contribution >= 0.6 is 11.8 Å². The monoisotopic (exact) mass is 288 g/mol. The Hall–Kier alpha value is -1.18. The summed E-state index contributed by atoms with van der Waals surface area (Å²) in [5.41, 5.74) is 0.580. The van der Waals surface area contributed by atoms with E-state index in [-0.39, 0.29) is 11.9 Å². The van der Waals surface area contributed by atoms with Crippen LogP contribution in [0.4, 0.5) is 14.5 Å². The first-order valence-electron chi connectivity index (χ1n) is 5.82. The molecule has 0 saturated carbocycles. The molecule has 1 aromatic carbocycles. The lowest BCUT2D eigenvalue weighted by Gasteiger charge is -2.22. The van der Waals surface area contributed by atoms with Crippen molar-refractivity contribution >= 4 is 23.4 Å². The van der Waals surface area contributed by atoms with Gasteiger partial charge in [0.1, 0.15) is 6.04 Å². The molecule has 1 unspecified atom stereocenters. The van der Waals surface area contributed by atoms with Gasteiger partial charge in [-0.3, -0.25) is 4.79 Å². The summed E-state index contributed by atoms with van der Waals surface area (Å²) in [5.74, 6) is -2.63. The normalized spacial score (nSPS) is 19.4. The molecule has 0 aromatic heterocycles. The van der Waals surface area contributed by atoms with Crippen molar-refractivity contribution in [2.75, 3.05) is 25.1 Å². The van der Waals surface area contributed by atoms with E-state index in [1.165, 1.54) is 0 Å². The van der Waals surface area contributed by atoms with Crippen LogP contribution in [0.3, 0.4) is 0 Å². The van der Waals surface area contributed by atoms with E-state index in [0.717, 1.165) is 0 Å². The summed E-state index contributed by atoms with van der Waals surface area (Å²) in [4.78, 5) is 12.3. The zero-order valence-corrected chi connectivity index (χ0v) is 10.9. The highest BCUT2D eigenvalue weighted by Crippen LogP contribution is 2.26. The van der Waals surface area contributed by atoms with Crippen LogP contribution in [-0.4, -0.2) is 37.5 Å². The predicted molar refractivity (Wildman–Crippen MR) is 69.5 cm³/mol. The summed E-state index contributed by atoms with van der Waals surface area (Å²) in [6.07, 6.45) is 0. The van der Waals surface area contributed by atoms with Gasteiger partial charge in [0.2, 0.25) is 5.91 Å². The Kier molecular flexibility index (Phi) is 5.12. The Morgan fingerprint density at radius 3 is 2.74 bits per heavy atom. The zero-order valence-electron chi connectivity index (χ0n) is 10.1. The lowest BCUT2D eigenvalue weighted by atomic mass is 10.2. The highest BCUT2D eigenvalue weighted by molar-refractivity contribution is 7.99. The van der Waals surface area contributed by atoms with E-state index >= 15 is 0 Å². The highest BCUT2D eigenvalue weighted by Gasteiger charge is 2.21. The molecule has 1 atom stereocenters. The molecule has 4 nitrogen and oxygen atoms in total. The van der Waals surface area contributed by atoms with Gasteiger partial charge in [-0.05, 0) is 24.3 Å². The van der Waals surface area contributed by atoms with Gasteiger partial charge in [0.15, 0.2) is 0 Å². The second-order valence-corrected chi connectivity index (χ2v) is 5.04. The summed E-state index contributed by atoms with van der Waals surface area (Å²) in [7, 11) is 0. The van der Waals surface area contributed by atoms with Gasteiger partial charge in [-0.2, -0.15) is 8.78 Å². The molecule has 1 aromatic rings. The smallest absolute Gasteiger partial charge is 0.288 e. The number of rotatable bonds is 4. The van der Waals surface area contributed by atoms with Crippen LogP contribution < -0.4 is 10.6 Å². The second kappa shape index (κ2) is 6.83. The lowest BCUT2D eigenvalue weighted by molar-refractivity contribution is -0.120. The van der Waals surface area contributed by atoms with Crippen LogP contribution in [0.2, 0.25) is 0 Å². The maximum atomic E-state index is 12.1. The molecule has 2 rings (SSSR count). The minimum atomic E-state index is -2.44. The fourth-order valence-corrected chi connectivity index (χ4v) is 2.18. The molecule has 0 bridgehead atoms. The van der Waals surface area contributed by atoms with Crippen molar-refractivity contribution in [2.24, 2.45) is 0 Å². The lowest BCUT2D eigenvalue weighted by Crippen LogP contribution is -2.48. The SMILES string of the molecule is O=C(Nc1ccc(SC(F)F)cc1)C1COCCN1. The van der Waals surface area contributed by atoms with E-state index in [9.17, 15) is 13.6 Å². The number of amides is 1. The number of morpholine rings is 1. The third-order valence-electron chi connectivity index (χ3n) is 2.59. The number of carbonyl (C=O) groups is 1. The molecule has 1 aliphatic rings. The maximum Gasteiger partial charge on any atom is 0.288 e. The number of thioether (sulfide) groups is 1. The van der Waals surface area contributed by atoms with Crippen molar-refractivity contribution in [1.29, 1.82) is 0 Å². The standard InChI is InChI=1S/C12H14F2N2O2S/c13-12(14)19-9-3-1-8(2-4-9)16-11(17)10-7-18-6-5-15-10/h1-4,10,12,15H,5-7H2,(H,16,17). The minimum Gasteiger partial charge on any atom is -0.378 e. The van der Waals surface area contributed by atoms with Crippen molar-refractivity contribution < 1.29 is 18.3 Å². The minimum absolute atomic E-state index is 0.186. The molecule has 104 valence electrons. The predicted octanol–water partition coefficient (Wildman–Crippen LogP) is 1.93. The van der Waals surface area contributed by atoms with Crippen molar-refractivity contribution in [2.45, 2.75) is 16.7 Å². The van der Waals surface area contributed by atoms with Crippen molar-refractivity contribution in [1.82, 2.24) is 5.32 Å². The molecular formula is C12H14F2N2O2S. The molecule has 1 fully saturated rings. The van der Waals surface area contributed by atoms with Gasteiger partial charge in [-0.1, -0.05) is 11.8 Å². The van der Waals surface area contributed by atoms with Gasteiger partial charge < -0.3 is 15.4 Å². The molecular weight excluding hydrogens is 274 g/mol. The first-order valence-corrected chi connectivity index (χ1v) is 6.70. The topological polar surface area (TPSA) is 50.4 Å². The number of hydrogen-bond donors (Lipinski definition) is 2. The molecule has 1 aliphatic heterocycles. The highest BCUT2D eigenvalue weighted by atomic mass is 32.2. The van der Waals surface area contributed by atoms with Crippen molar-refractivity contribution in [3.05, 3.63) is 24.3 Å². The first kappa shape index (κ1) is 14.2. The van der Waals surface area contributed by atoms with E-state index in [4.69, 9.17) is 4.74 Å². The van der Waals surface area contributed by atoms with Gasteiger partial charge in [0, 0.05) is 17.1 Å². The second-order valence-electron chi connectivity index (χ2n) is 3.97. The van der Waals surface area contributed by atoms with Crippen LogP contribution in [0.5, 0.6) is 0 Å². The fraction of sp³-hybridized carbons (Fsp3) is 0.417. The Bertz CT molecular complexity index is 422. The molecule has 1 heterocycles. The average molecular weight is 288 g/mol. The zero-order chi connectivity index (χ0) is 13.7. The number of hydrogen-bond acceptors (Lipinski definition) is 4. The number of carbonyl (C=O) groups excluding carboxylic acids is 1. The number of benzene rings is 1. The summed E-state index contributed by atoms with van der Waals surface area (Å²) in [5, 5.41) is 5.75. The van der Waals surface area contributed by atoms with E-state index in [1.807, 2.05) is 0 Å². The summed E-state index contributed by atoms with van der Waals surface area (Å²) in [6, 6.07) is 5.94. The average Bonchev–Trinajstić information content (AvgIpc) is 2.41. The third kappa shape index (κ3) is 4.45. The van der Waals surface area contributed by atoms with Crippen molar-refractivity contribution in [3.8, 4) is 0 Å². The molecule has 0 spiro atoms. The molecule has 7 heteroatoms. The van der Waals surface area contributed by atoms with Gasteiger partial charge >= 0.3 is 0 Å². The van der Waals surface area contributed by atoms with Crippen LogP contribution in [0.1, 0.15) is 0 Å².